The van der Waals surface area contributed by atoms with Crippen LogP contribution in [0.3, 0.4) is 0 Å². The minimum Gasteiger partial charge on any atom is -0.454 e. The first-order valence-corrected chi connectivity index (χ1v) is 10.1. The van der Waals surface area contributed by atoms with Crippen LogP contribution in [-0.2, 0) is 12.3 Å². The van der Waals surface area contributed by atoms with Gasteiger partial charge in [0.25, 0.3) is 5.91 Å². The molecule has 0 radical (unpaired) electrons. The van der Waals surface area contributed by atoms with Crippen LogP contribution in [0.15, 0.2) is 64.2 Å². The van der Waals surface area contributed by atoms with Crippen LogP contribution < -0.4 is 14.8 Å². The number of benzene rings is 2. The molecule has 0 saturated heterocycles. The first kappa shape index (κ1) is 17.0. The van der Waals surface area contributed by atoms with E-state index in [4.69, 9.17) is 9.47 Å². The molecular formula is C20H17NO3S2. The lowest BCUT2D eigenvalue weighted by Crippen LogP contribution is -2.23. The molecule has 6 heteroatoms. The van der Waals surface area contributed by atoms with Gasteiger partial charge in [-0.3, -0.25) is 4.79 Å². The minimum atomic E-state index is -0.0731. The van der Waals surface area contributed by atoms with E-state index in [0.717, 1.165) is 27.7 Å². The van der Waals surface area contributed by atoms with Gasteiger partial charge in [0.2, 0.25) is 6.79 Å². The van der Waals surface area contributed by atoms with Crippen molar-refractivity contribution < 1.29 is 14.3 Å². The molecule has 0 fully saturated rings. The molecular weight excluding hydrogens is 366 g/mol. The second-order valence-electron chi connectivity index (χ2n) is 5.79. The van der Waals surface area contributed by atoms with Gasteiger partial charge in [0.1, 0.15) is 0 Å². The van der Waals surface area contributed by atoms with Crippen molar-refractivity contribution in [2.75, 3.05) is 6.79 Å². The normalized spacial score (nSPS) is 12.2. The Balaban J connectivity index is 1.41. The zero-order valence-corrected chi connectivity index (χ0v) is 15.6. The molecule has 1 amide bonds. The summed E-state index contributed by atoms with van der Waals surface area (Å²) in [4.78, 5) is 13.6. The van der Waals surface area contributed by atoms with Crippen LogP contribution in [-0.4, -0.2) is 12.7 Å². The Morgan fingerprint density at radius 2 is 1.96 bits per heavy atom. The Morgan fingerprint density at radius 3 is 2.85 bits per heavy atom. The van der Waals surface area contributed by atoms with Crippen molar-refractivity contribution in [2.24, 2.45) is 0 Å². The van der Waals surface area contributed by atoms with Gasteiger partial charge in [-0.25, -0.2) is 0 Å². The maximum atomic E-state index is 12.7. The van der Waals surface area contributed by atoms with Gasteiger partial charge in [0.15, 0.2) is 11.5 Å². The molecule has 0 spiro atoms. The summed E-state index contributed by atoms with van der Waals surface area (Å²) in [5.74, 6) is 2.26. The summed E-state index contributed by atoms with van der Waals surface area (Å²) in [6, 6.07) is 15.5. The van der Waals surface area contributed by atoms with E-state index < -0.39 is 0 Å². The molecule has 2 aromatic carbocycles. The summed E-state index contributed by atoms with van der Waals surface area (Å²) in [6.45, 7) is 0.693. The molecule has 4 nitrogen and oxygen atoms in total. The largest absolute Gasteiger partial charge is 0.454 e. The molecule has 0 atom stereocenters. The van der Waals surface area contributed by atoms with Crippen molar-refractivity contribution in [3.05, 3.63) is 76.0 Å². The molecule has 1 aliphatic rings. The second kappa shape index (κ2) is 7.85. The van der Waals surface area contributed by atoms with E-state index in [1.807, 2.05) is 42.5 Å². The quantitative estimate of drug-likeness (QED) is 0.627. The number of ether oxygens (including phenoxy) is 2. The van der Waals surface area contributed by atoms with Crippen LogP contribution in [0.1, 0.15) is 21.5 Å². The summed E-state index contributed by atoms with van der Waals surface area (Å²) >= 11 is 3.37. The Bertz CT molecular complexity index is 909. The maximum absolute atomic E-state index is 12.7. The summed E-state index contributed by atoms with van der Waals surface area (Å²) in [5, 5.41) is 7.20. The number of thiophene rings is 1. The molecule has 0 saturated carbocycles. The number of hydrogen-bond donors (Lipinski definition) is 1. The number of fused-ring (bicyclic) bond motifs is 1. The number of rotatable bonds is 6. The van der Waals surface area contributed by atoms with Crippen molar-refractivity contribution in [3.8, 4) is 11.5 Å². The average Bonchev–Trinajstić information content (AvgIpc) is 3.35. The van der Waals surface area contributed by atoms with E-state index in [0.29, 0.717) is 12.1 Å². The molecule has 1 aromatic heterocycles. The molecule has 0 unspecified atom stereocenters. The van der Waals surface area contributed by atoms with E-state index >= 15 is 0 Å². The molecule has 132 valence electrons. The van der Waals surface area contributed by atoms with Crippen LogP contribution in [0.25, 0.3) is 0 Å². The topological polar surface area (TPSA) is 47.6 Å². The van der Waals surface area contributed by atoms with Crippen LogP contribution in [0.5, 0.6) is 11.5 Å². The van der Waals surface area contributed by atoms with Gasteiger partial charge in [0, 0.05) is 17.2 Å². The number of hydrogen-bond acceptors (Lipinski definition) is 5. The van der Waals surface area contributed by atoms with Gasteiger partial charge in [0.05, 0.1) is 5.56 Å². The Hall–Kier alpha value is -2.44. The Kier molecular flexibility index (Phi) is 5.13. The first-order valence-electron chi connectivity index (χ1n) is 8.19. The third-order valence-corrected chi connectivity index (χ3v) is 5.87. The Morgan fingerprint density at radius 1 is 1.08 bits per heavy atom. The maximum Gasteiger partial charge on any atom is 0.252 e. The highest BCUT2D eigenvalue weighted by Gasteiger charge is 2.15. The average molecular weight is 383 g/mol. The van der Waals surface area contributed by atoms with Crippen molar-refractivity contribution in [3.63, 3.8) is 0 Å². The van der Waals surface area contributed by atoms with Gasteiger partial charge in [-0.05, 0) is 52.2 Å². The first-order chi connectivity index (χ1) is 12.8. The summed E-state index contributed by atoms with van der Waals surface area (Å²) < 4.78 is 10.7. The third kappa shape index (κ3) is 3.86. The SMILES string of the molecule is O=C(NCc1ccc2c(c1)OCO2)c1ccccc1SCc1ccsc1. The standard InChI is InChI=1S/C20H17NO3S2/c22-20(21-10-14-5-6-17-18(9-14)24-13-23-17)16-3-1-2-4-19(16)26-12-15-7-8-25-11-15/h1-9,11H,10,12-13H2,(H,21,22). The number of nitrogens with one attached hydrogen (secondary N) is 1. The highest BCUT2D eigenvalue weighted by atomic mass is 32.2. The zero-order valence-electron chi connectivity index (χ0n) is 13.9. The molecule has 0 aliphatic carbocycles. The van der Waals surface area contributed by atoms with E-state index in [-0.39, 0.29) is 12.7 Å². The van der Waals surface area contributed by atoms with Crippen molar-refractivity contribution in [1.29, 1.82) is 0 Å². The summed E-state index contributed by atoms with van der Waals surface area (Å²) in [7, 11) is 0. The molecule has 0 bridgehead atoms. The van der Waals surface area contributed by atoms with Crippen LogP contribution >= 0.6 is 23.1 Å². The number of thioether (sulfide) groups is 1. The lowest BCUT2D eigenvalue weighted by atomic mass is 10.1. The predicted octanol–water partition coefficient (Wildman–Crippen LogP) is 4.70. The smallest absolute Gasteiger partial charge is 0.252 e. The van der Waals surface area contributed by atoms with Crippen molar-refractivity contribution in [2.45, 2.75) is 17.2 Å². The van der Waals surface area contributed by atoms with E-state index in [2.05, 4.69) is 22.1 Å². The van der Waals surface area contributed by atoms with Crippen molar-refractivity contribution in [1.82, 2.24) is 5.32 Å². The molecule has 3 aromatic rings. The summed E-state index contributed by atoms with van der Waals surface area (Å²) in [5.41, 5.74) is 2.95. The molecule has 4 rings (SSSR count). The highest BCUT2D eigenvalue weighted by molar-refractivity contribution is 7.98. The fraction of sp³-hybridized carbons (Fsp3) is 0.150. The van der Waals surface area contributed by atoms with Crippen LogP contribution in [0.4, 0.5) is 0 Å². The summed E-state index contributed by atoms with van der Waals surface area (Å²) in [6.07, 6.45) is 0. The fourth-order valence-corrected chi connectivity index (χ4v) is 4.41. The van der Waals surface area contributed by atoms with Crippen LogP contribution in [0, 0.1) is 0 Å². The minimum absolute atomic E-state index is 0.0731. The lowest BCUT2D eigenvalue weighted by Gasteiger charge is -2.10. The highest BCUT2D eigenvalue weighted by Crippen LogP contribution is 2.32. The van der Waals surface area contributed by atoms with Gasteiger partial charge in [-0.1, -0.05) is 18.2 Å². The van der Waals surface area contributed by atoms with Crippen molar-refractivity contribution >= 4 is 29.0 Å². The van der Waals surface area contributed by atoms with Gasteiger partial charge in [-0.2, -0.15) is 11.3 Å². The van der Waals surface area contributed by atoms with E-state index in [1.54, 1.807) is 23.1 Å². The molecule has 1 N–H and O–H groups in total. The number of amides is 1. The lowest BCUT2D eigenvalue weighted by molar-refractivity contribution is 0.0948. The Labute approximate surface area is 160 Å². The van der Waals surface area contributed by atoms with Gasteiger partial charge in [-0.15, -0.1) is 11.8 Å². The van der Waals surface area contributed by atoms with Crippen LogP contribution in [0.2, 0.25) is 0 Å². The number of carbonyl (C=O) groups is 1. The molecule has 1 aliphatic heterocycles. The fourth-order valence-electron chi connectivity index (χ4n) is 2.64. The van der Waals surface area contributed by atoms with E-state index in [1.165, 1.54) is 5.56 Å². The second-order valence-corrected chi connectivity index (χ2v) is 7.58. The monoisotopic (exact) mass is 383 g/mol. The third-order valence-electron chi connectivity index (χ3n) is 4.00. The zero-order chi connectivity index (χ0) is 17.8. The van der Waals surface area contributed by atoms with Gasteiger partial charge < -0.3 is 14.8 Å². The predicted molar refractivity (Wildman–Crippen MR) is 104 cm³/mol. The molecule has 2 heterocycles. The van der Waals surface area contributed by atoms with E-state index in [9.17, 15) is 4.79 Å². The number of carbonyl (C=O) groups excluding carboxylic acids is 1. The van der Waals surface area contributed by atoms with Gasteiger partial charge >= 0.3 is 0 Å². The molecule has 26 heavy (non-hydrogen) atoms.